The Hall–Kier alpha value is -1.46. The lowest BCUT2D eigenvalue weighted by Crippen LogP contribution is -2.03. The lowest BCUT2D eigenvalue weighted by Gasteiger charge is -2.09. The molecule has 0 unspecified atom stereocenters. The van der Waals surface area contributed by atoms with Crippen LogP contribution in [0.1, 0.15) is 10.4 Å². The Morgan fingerprint density at radius 3 is 2.40 bits per heavy atom. The first-order chi connectivity index (χ1) is 9.63. The highest BCUT2D eigenvalue weighted by atomic mass is 79.9. The first-order valence-corrected chi connectivity index (χ1v) is 7.44. The quantitative estimate of drug-likeness (QED) is 0.764. The smallest absolute Gasteiger partial charge is 0.339 e. The Morgan fingerprint density at radius 2 is 1.80 bits per heavy atom. The molecule has 0 radical (unpaired) electrons. The Morgan fingerprint density at radius 1 is 1.10 bits per heavy atom. The fraction of sp³-hybridized carbons (Fsp3) is 0.133. The summed E-state index contributed by atoms with van der Waals surface area (Å²) in [4.78, 5) is 13.7. The van der Waals surface area contributed by atoms with Crippen LogP contribution in [0.2, 0.25) is 0 Å². The van der Waals surface area contributed by atoms with Crippen LogP contribution in [0.4, 0.5) is 0 Å². The van der Waals surface area contributed by atoms with Crippen molar-refractivity contribution in [2.75, 3.05) is 14.2 Å². The first-order valence-electron chi connectivity index (χ1n) is 5.84. The highest BCUT2D eigenvalue weighted by molar-refractivity contribution is 9.10. The lowest BCUT2D eigenvalue weighted by atomic mass is 10.2. The van der Waals surface area contributed by atoms with Crippen LogP contribution >= 0.6 is 27.7 Å². The Labute approximate surface area is 130 Å². The number of carbonyl (C=O) groups excluding carboxylic acids is 1. The molecule has 0 saturated carbocycles. The van der Waals surface area contributed by atoms with Gasteiger partial charge in [-0.15, -0.1) is 0 Å². The number of esters is 1. The van der Waals surface area contributed by atoms with E-state index in [2.05, 4.69) is 15.9 Å². The van der Waals surface area contributed by atoms with Crippen molar-refractivity contribution in [2.45, 2.75) is 9.79 Å². The molecule has 0 bridgehead atoms. The molecule has 0 aliphatic heterocycles. The van der Waals surface area contributed by atoms with Crippen LogP contribution in [0.3, 0.4) is 0 Å². The van der Waals surface area contributed by atoms with Crippen molar-refractivity contribution < 1.29 is 14.3 Å². The number of ether oxygens (including phenoxy) is 2. The summed E-state index contributed by atoms with van der Waals surface area (Å²) < 4.78 is 11.0. The number of rotatable bonds is 4. The van der Waals surface area contributed by atoms with Crippen molar-refractivity contribution >= 4 is 33.7 Å². The van der Waals surface area contributed by atoms with Crippen LogP contribution in [0.25, 0.3) is 0 Å². The molecule has 5 heteroatoms. The largest absolute Gasteiger partial charge is 0.497 e. The van der Waals surface area contributed by atoms with Crippen LogP contribution in [0.15, 0.2) is 56.7 Å². The molecule has 20 heavy (non-hydrogen) atoms. The zero-order valence-electron chi connectivity index (χ0n) is 11.1. The third kappa shape index (κ3) is 3.55. The third-order valence-corrected chi connectivity index (χ3v) is 4.25. The van der Waals surface area contributed by atoms with Crippen LogP contribution in [-0.2, 0) is 4.74 Å². The lowest BCUT2D eigenvalue weighted by molar-refractivity contribution is 0.0596. The monoisotopic (exact) mass is 352 g/mol. The van der Waals surface area contributed by atoms with Gasteiger partial charge in [0.1, 0.15) is 5.75 Å². The molecular weight excluding hydrogens is 340 g/mol. The standard InChI is InChI=1S/C15H13BrO3S/c1-18-11-5-8-14(13(9-11)15(17)19-2)20-12-6-3-10(16)4-7-12/h3-9H,1-2H3. The molecule has 0 fully saturated rings. The van der Waals surface area contributed by atoms with E-state index in [0.29, 0.717) is 11.3 Å². The van der Waals surface area contributed by atoms with Gasteiger partial charge in [-0.3, -0.25) is 0 Å². The molecule has 0 saturated heterocycles. The molecule has 2 aromatic rings. The number of carbonyl (C=O) groups is 1. The minimum atomic E-state index is -0.372. The van der Waals surface area contributed by atoms with Gasteiger partial charge in [-0.05, 0) is 42.5 Å². The van der Waals surface area contributed by atoms with Crippen LogP contribution in [0, 0.1) is 0 Å². The molecule has 104 valence electrons. The normalized spacial score (nSPS) is 10.2. The van der Waals surface area contributed by atoms with E-state index in [9.17, 15) is 4.79 Å². The van der Waals surface area contributed by atoms with E-state index >= 15 is 0 Å². The summed E-state index contributed by atoms with van der Waals surface area (Å²) in [5.41, 5.74) is 0.500. The number of hydrogen-bond donors (Lipinski definition) is 0. The molecule has 2 rings (SSSR count). The fourth-order valence-electron chi connectivity index (χ4n) is 1.62. The highest BCUT2D eigenvalue weighted by Gasteiger charge is 2.14. The van der Waals surface area contributed by atoms with E-state index in [1.54, 1.807) is 13.2 Å². The summed E-state index contributed by atoms with van der Waals surface area (Å²) in [6.07, 6.45) is 0. The van der Waals surface area contributed by atoms with Crippen LogP contribution in [0.5, 0.6) is 5.75 Å². The maximum absolute atomic E-state index is 11.8. The third-order valence-electron chi connectivity index (χ3n) is 2.63. The van der Waals surface area contributed by atoms with Gasteiger partial charge in [0.25, 0.3) is 0 Å². The summed E-state index contributed by atoms with van der Waals surface area (Å²) in [5, 5.41) is 0. The van der Waals surface area contributed by atoms with Crippen LogP contribution in [-0.4, -0.2) is 20.2 Å². The van der Waals surface area contributed by atoms with E-state index in [1.807, 2.05) is 36.4 Å². The van der Waals surface area contributed by atoms with E-state index in [1.165, 1.54) is 18.9 Å². The molecule has 0 atom stereocenters. The second-order valence-corrected chi connectivity index (χ2v) is 5.94. The zero-order valence-corrected chi connectivity index (χ0v) is 13.5. The molecule has 0 spiro atoms. The van der Waals surface area contributed by atoms with Crippen LogP contribution < -0.4 is 4.74 Å². The van der Waals surface area contributed by atoms with E-state index in [0.717, 1.165) is 14.3 Å². The van der Waals surface area contributed by atoms with Crippen molar-refractivity contribution in [3.63, 3.8) is 0 Å². The second kappa shape index (κ2) is 6.81. The van der Waals surface area contributed by atoms with Gasteiger partial charge in [-0.2, -0.15) is 0 Å². The van der Waals surface area contributed by atoms with Crippen molar-refractivity contribution in [3.8, 4) is 5.75 Å². The second-order valence-electron chi connectivity index (χ2n) is 3.91. The Bertz CT molecular complexity index is 611. The van der Waals surface area contributed by atoms with Gasteiger partial charge < -0.3 is 9.47 Å². The predicted octanol–water partition coefficient (Wildman–Crippen LogP) is 4.40. The maximum Gasteiger partial charge on any atom is 0.339 e. The van der Waals surface area contributed by atoms with E-state index < -0.39 is 0 Å². The maximum atomic E-state index is 11.8. The van der Waals surface area contributed by atoms with Gasteiger partial charge in [-0.25, -0.2) is 4.79 Å². The molecule has 0 amide bonds. The van der Waals surface area contributed by atoms with Gasteiger partial charge in [0.05, 0.1) is 19.8 Å². The molecule has 0 aromatic heterocycles. The van der Waals surface area contributed by atoms with E-state index in [-0.39, 0.29) is 5.97 Å². The van der Waals surface area contributed by atoms with Gasteiger partial charge in [-0.1, -0.05) is 27.7 Å². The summed E-state index contributed by atoms with van der Waals surface area (Å²) in [6, 6.07) is 13.3. The fourth-order valence-corrected chi connectivity index (χ4v) is 2.80. The minimum Gasteiger partial charge on any atom is -0.497 e. The highest BCUT2D eigenvalue weighted by Crippen LogP contribution is 2.33. The van der Waals surface area contributed by atoms with Gasteiger partial charge >= 0.3 is 5.97 Å². The molecule has 0 aliphatic rings. The molecule has 3 nitrogen and oxygen atoms in total. The molecule has 0 heterocycles. The average molecular weight is 353 g/mol. The van der Waals surface area contributed by atoms with Crippen molar-refractivity contribution in [1.82, 2.24) is 0 Å². The molecular formula is C15H13BrO3S. The summed E-state index contributed by atoms with van der Waals surface area (Å²) in [7, 11) is 2.94. The first kappa shape index (κ1) is 14.9. The number of methoxy groups -OCH3 is 2. The number of hydrogen-bond acceptors (Lipinski definition) is 4. The predicted molar refractivity (Wildman–Crippen MR) is 82.6 cm³/mol. The zero-order chi connectivity index (χ0) is 14.5. The van der Waals surface area contributed by atoms with Gasteiger partial charge in [0.15, 0.2) is 0 Å². The average Bonchev–Trinajstić information content (AvgIpc) is 2.49. The molecule has 0 N–H and O–H groups in total. The van der Waals surface area contributed by atoms with E-state index in [4.69, 9.17) is 9.47 Å². The van der Waals surface area contributed by atoms with Crippen molar-refractivity contribution in [3.05, 3.63) is 52.5 Å². The topological polar surface area (TPSA) is 35.5 Å². The van der Waals surface area contributed by atoms with Crippen molar-refractivity contribution in [1.29, 1.82) is 0 Å². The molecule has 2 aromatic carbocycles. The Balaban J connectivity index is 2.35. The Kier molecular flexibility index (Phi) is 5.09. The van der Waals surface area contributed by atoms with Gasteiger partial charge in [0, 0.05) is 14.3 Å². The van der Waals surface area contributed by atoms with Crippen molar-refractivity contribution in [2.24, 2.45) is 0 Å². The van der Waals surface area contributed by atoms with Gasteiger partial charge in [0.2, 0.25) is 0 Å². The number of halogens is 1. The SMILES string of the molecule is COC(=O)c1cc(OC)ccc1Sc1ccc(Br)cc1. The number of benzene rings is 2. The summed E-state index contributed by atoms with van der Waals surface area (Å²) in [6.45, 7) is 0. The molecule has 0 aliphatic carbocycles. The minimum absolute atomic E-state index is 0.372. The summed E-state index contributed by atoms with van der Waals surface area (Å²) >= 11 is 4.91. The summed E-state index contributed by atoms with van der Waals surface area (Å²) in [5.74, 6) is 0.258.